The lowest BCUT2D eigenvalue weighted by Crippen LogP contribution is -2.12. The van der Waals surface area contributed by atoms with E-state index in [1.165, 1.54) is 24.3 Å². The van der Waals surface area contributed by atoms with Crippen molar-refractivity contribution >= 4 is 17.2 Å². The maximum atomic E-state index is 8.65. The molecule has 5 nitrogen and oxygen atoms in total. The highest BCUT2D eigenvalue weighted by Crippen LogP contribution is 2.24. The molecule has 0 saturated heterocycles. The first kappa shape index (κ1) is 18.6. The van der Waals surface area contributed by atoms with E-state index >= 15 is 0 Å². The van der Waals surface area contributed by atoms with Crippen molar-refractivity contribution in [2.75, 3.05) is 13.2 Å². The monoisotopic (exact) mass is 335 g/mol. The summed E-state index contributed by atoms with van der Waals surface area (Å²) in [6, 6.07) is 11.2. The highest BCUT2D eigenvalue weighted by atomic mass is 32.1. The number of phenolic OH excluding ortho intramolecular Hbond substituents is 2. The van der Waals surface area contributed by atoms with E-state index in [-0.39, 0.29) is 11.5 Å². The number of hydrogen-bond donors (Lipinski definition) is 3. The van der Waals surface area contributed by atoms with Gasteiger partial charge in [0.1, 0.15) is 28.0 Å². The topological polar surface area (TPSA) is 84.9 Å². The van der Waals surface area contributed by atoms with Crippen molar-refractivity contribution in [3.63, 3.8) is 0 Å². The van der Waals surface area contributed by atoms with Crippen molar-refractivity contribution < 1.29 is 19.7 Å². The van der Waals surface area contributed by atoms with Crippen molar-refractivity contribution in [3.05, 3.63) is 48.0 Å². The van der Waals surface area contributed by atoms with Gasteiger partial charge in [-0.1, -0.05) is 12.2 Å². The molecule has 0 unspecified atom stereocenters. The number of rotatable bonds is 5. The molecule has 0 spiro atoms. The summed E-state index contributed by atoms with van der Waals surface area (Å²) in [7, 11) is 0. The van der Waals surface area contributed by atoms with E-state index in [0.29, 0.717) is 24.0 Å². The van der Waals surface area contributed by atoms with E-state index < -0.39 is 0 Å². The van der Waals surface area contributed by atoms with E-state index in [9.17, 15) is 0 Å². The van der Waals surface area contributed by atoms with Crippen LogP contribution < -0.4 is 15.2 Å². The second-order valence-corrected chi connectivity index (χ2v) is 4.84. The lowest BCUT2D eigenvalue weighted by atomic mass is 10.2. The van der Waals surface area contributed by atoms with Crippen LogP contribution in [0.4, 0.5) is 0 Å². The Balaban J connectivity index is 0.000000277. The third kappa shape index (κ3) is 6.44. The number of benzene rings is 2. The Labute approximate surface area is 141 Å². The van der Waals surface area contributed by atoms with E-state index in [1.54, 1.807) is 6.07 Å². The Morgan fingerprint density at radius 2 is 1.48 bits per heavy atom. The highest BCUT2D eigenvalue weighted by molar-refractivity contribution is 7.80. The average molecular weight is 335 g/mol. The SMILES string of the molecule is CCOc1ccc(OCC)c(C(N)=S)c1.Oc1ccc(O)cc1. The number of phenols is 2. The van der Waals surface area contributed by atoms with Crippen molar-refractivity contribution in [3.8, 4) is 23.0 Å². The number of ether oxygens (including phenoxy) is 2. The van der Waals surface area contributed by atoms with Gasteiger partial charge in [-0.2, -0.15) is 0 Å². The fourth-order valence-electron chi connectivity index (χ4n) is 1.69. The summed E-state index contributed by atoms with van der Waals surface area (Å²) < 4.78 is 10.8. The van der Waals surface area contributed by atoms with E-state index in [0.717, 1.165) is 11.3 Å². The second-order valence-electron chi connectivity index (χ2n) is 4.40. The molecule has 6 heteroatoms. The van der Waals surface area contributed by atoms with Crippen LogP contribution >= 0.6 is 12.2 Å². The molecule has 4 N–H and O–H groups in total. The molecule has 0 heterocycles. The molecule has 0 amide bonds. The Morgan fingerprint density at radius 1 is 0.957 bits per heavy atom. The molecule has 0 saturated carbocycles. The molecule has 0 aliphatic carbocycles. The van der Waals surface area contributed by atoms with Gasteiger partial charge in [0.2, 0.25) is 0 Å². The van der Waals surface area contributed by atoms with Crippen LogP contribution in [0.2, 0.25) is 0 Å². The fourth-order valence-corrected chi connectivity index (χ4v) is 1.85. The molecule has 2 aromatic carbocycles. The number of nitrogens with two attached hydrogens (primary N) is 1. The van der Waals surface area contributed by atoms with Crippen molar-refractivity contribution in [1.29, 1.82) is 0 Å². The van der Waals surface area contributed by atoms with Gasteiger partial charge in [0.25, 0.3) is 0 Å². The minimum absolute atomic E-state index is 0.169. The summed E-state index contributed by atoms with van der Waals surface area (Å²) in [6.07, 6.45) is 0. The first-order chi connectivity index (χ1) is 11.0. The summed E-state index contributed by atoms with van der Waals surface area (Å²) in [5.74, 6) is 1.79. The molecule has 0 fully saturated rings. The van der Waals surface area contributed by atoms with Crippen molar-refractivity contribution in [1.82, 2.24) is 0 Å². The van der Waals surface area contributed by atoms with Crippen LogP contribution in [0, 0.1) is 0 Å². The van der Waals surface area contributed by atoms with Crippen LogP contribution in [0.15, 0.2) is 42.5 Å². The van der Waals surface area contributed by atoms with E-state index in [2.05, 4.69) is 0 Å². The predicted octanol–water partition coefficient (Wildman–Crippen LogP) is 3.22. The number of aromatic hydroxyl groups is 2. The maximum absolute atomic E-state index is 8.65. The minimum Gasteiger partial charge on any atom is -0.508 e. The van der Waals surface area contributed by atoms with Gasteiger partial charge in [-0.25, -0.2) is 0 Å². The molecule has 0 bridgehead atoms. The molecule has 23 heavy (non-hydrogen) atoms. The van der Waals surface area contributed by atoms with Gasteiger partial charge in [0.15, 0.2) is 0 Å². The zero-order chi connectivity index (χ0) is 17.2. The third-order valence-electron chi connectivity index (χ3n) is 2.68. The van der Waals surface area contributed by atoms with Crippen molar-refractivity contribution in [2.24, 2.45) is 5.73 Å². The quantitative estimate of drug-likeness (QED) is 0.575. The van der Waals surface area contributed by atoms with Crippen LogP contribution in [0.5, 0.6) is 23.0 Å². The summed E-state index contributed by atoms with van der Waals surface area (Å²) in [5.41, 5.74) is 6.33. The normalized spacial score (nSPS) is 9.48. The van der Waals surface area contributed by atoms with Crippen molar-refractivity contribution in [2.45, 2.75) is 13.8 Å². The molecular weight excluding hydrogens is 314 g/mol. The highest BCUT2D eigenvalue weighted by Gasteiger charge is 2.07. The van der Waals surface area contributed by atoms with Crippen LogP contribution in [-0.4, -0.2) is 28.4 Å². The zero-order valence-electron chi connectivity index (χ0n) is 13.2. The fraction of sp³-hybridized carbons (Fsp3) is 0.235. The molecule has 2 aromatic rings. The number of thiocarbonyl (C=S) groups is 1. The number of hydrogen-bond acceptors (Lipinski definition) is 5. The van der Waals surface area contributed by atoms with Gasteiger partial charge in [0.05, 0.1) is 18.8 Å². The molecule has 0 atom stereocenters. The van der Waals surface area contributed by atoms with Gasteiger partial charge in [-0.3, -0.25) is 0 Å². The largest absolute Gasteiger partial charge is 0.508 e. The second kappa shape index (κ2) is 9.53. The first-order valence-electron chi connectivity index (χ1n) is 7.15. The van der Waals surface area contributed by atoms with Gasteiger partial charge >= 0.3 is 0 Å². The third-order valence-corrected chi connectivity index (χ3v) is 2.90. The molecule has 2 rings (SSSR count). The van der Waals surface area contributed by atoms with E-state index in [4.69, 9.17) is 37.6 Å². The molecule has 0 aliphatic rings. The Kier molecular flexibility index (Phi) is 7.70. The van der Waals surface area contributed by atoms with Gasteiger partial charge in [0, 0.05) is 0 Å². The van der Waals surface area contributed by atoms with Crippen LogP contribution in [-0.2, 0) is 0 Å². The van der Waals surface area contributed by atoms with Crippen LogP contribution in [0.1, 0.15) is 19.4 Å². The summed E-state index contributed by atoms with van der Waals surface area (Å²) >= 11 is 4.95. The molecule has 0 aromatic heterocycles. The summed E-state index contributed by atoms with van der Waals surface area (Å²) in [5, 5.41) is 17.3. The molecule has 0 aliphatic heterocycles. The van der Waals surface area contributed by atoms with Gasteiger partial charge in [-0.15, -0.1) is 0 Å². The van der Waals surface area contributed by atoms with E-state index in [1.807, 2.05) is 26.0 Å². The van der Waals surface area contributed by atoms with Gasteiger partial charge < -0.3 is 25.4 Å². The lowest BCUT2D eigenvalue weighted by Gasteiger charge is -2.11. The maximum Gasteiger partial charge on any atom is 0.129 e. The average Bonchev–Trinajstić information content (AvgIpc) is 2.53. The Morgan fingerprint density at radius 3 is 1.91 bits per heavy atom. The minimum atomic E-state index is 0.169. The Bertz CT molecular complexity index is 608. The molecular formula is C17H21NO4S. The predicted molar refractivity (Wildman–Crippen MR) is 94.4 cm³/mol. The lowest BCUT2D eigenvalue weighted by molar-refractivity contribution is 0.330. The van der Waals surface area contributed by atoms with Crippen LogP contribution in [0.25, 0.3) is 0 Å². The zero-order valence-corrected chi connectivity index (χ0v) is 14.0. The smallest absolute Gasteiger partial charge is 0.129 e. The molecule has 0 radical (unpaired) electrons. The van der Waals surface area contributed by atoms with Crippen LogP contribution in [0.3, 0.4) is 0 Å². The standard InChI is InChI=1S/C11H15NO2S.C6H6O2/c1-3-13-8-5-6-10(14-4-2)9(7-8)11(12)15;7-5-1-2-6(8)4-3-5/h5-7H,3-4H2,1-2H3,(H2,12,15);1-4,7-8H. The first-order valence-corrected chi connectivity index (χ1v) is 7.56. The summed E-state index contributed by atoms with van der Waals surface area (Å²) in [4.78, 5) is 0.319. The Hall–Kier alpha value is -2.47. The van der Waals surface area contributed by atoms with Gasteiger partial charge in [-0.05, 0) is 56.3 Å². The molecule has 124 valence electrons. The summed E-state index contributed by atoms with van der Waals surface area (Å²) in [6.45, 7) is 5.05.